The fraction of sp³-hybridized carbons (Fsp3) is 0.583. The Hall–Kier alpha value is -0.610. The number of pyridine rings is 1. The highest BCUT2D eigenvalue weighted by Crippen LogP contribution is 2.20. The van der Waals surface area contributed by atoms with Gasteiger partial charge in [0.1, 0.15) is 5.82 Å². The summed E-state index contributed by atoms with van der Waals surface area (Å²) in [6.07, 6.45) is 1.81. The van der Waals surface area contributed by atoms with Crippen LogP contribution in [0.4, 0.5) is 5.82 Å². The van der Waals surface area contributed by atoms with Gasteiger partial charge in [0.05, 0.1) is 4.47 Å². The van der Waals surface area contributed by atoms with Gasteiger partial charge < -0.3 is 10.2 Å². The zero-order valence-electron chi connectivity index (χ0n) is 10.4. The van der Waals surface area contributed by atoms with Gasteiger partial charge in [0.25, 0.3) is 0 Å². The Labute approximate surface area is 106 Å². The smallest absolute Gasteiger partial charge is 0.140 e. The Bertz CT molecular complexity index is 326. The van der Waals surface area contributed by atoms with E-state index in [0.29, 0.717) is 12.0 Å². The van der Waals surface area contributed by atoms with Crippen LogP contribution >= 0.6 is 15.9 Å². The van der Waals surface area contributed by atoms with Gasteiger partial charge in [-0.3, -0.25) is 0 Å². The molecular weight excluding hydrogens is 266 g/mol. The number of likely N-dealkylation sites (N-methyl/N-ethyl adjacent to an activating group) is 1. The Kier molecular flexibility index (Phi) is 5.22. The molecule has 0 aliphatic carbocycles. The van der Waals surface area contributed by atoms with Gasteiger partial charge in [0.15, 0.2) is 0 Å². The highest BCUT2D eigenvalue weighted by molar-refractivity contribution is 9.10. The van der Waals surface area contributed by atoms with Crippen molar-refractivity contribution in [1.82, 2.24) is 9.88 Å². The van der Waals surface area contributed by atoms with Gasteiger partial charge in [0.2, 0.25) is 0 Å². The number of rotatable bonds is 5. The second-order valence-corrected chi connectivity index (χ2v) is 5.45. The first kappa shape index (κ1) is 13.5. The van der Waals surface area contributed by atoms with Crippen LogP contribution < -0.4 is 5.32 Å². The lowest BCUT2D eigenvalue weighted by molar-refractivity contribution is 0.344. The first-order valence-electron chi connectivity index (χ1n) is 5.52. The van der Waals surface area contributed by atoms with E-state index in [1.165, 1.54) is 0 Å². The summed E-state index contributed by atoms with van der Waals surface area (Å²) >= 11 is 3.50. The molecule has 16 heavy (non-hydrogen) atoms. The fourth-order valence-corrected chi connectivity index (χ4v) is 1.85. The normalized spacial score (nSPS) is 13.2. The van der Waals surface area contributed by atoms with E-state index in [1.807, 2.05) is 12.1 Å². The van der Waals surface area contributed by atoms with Crippen LogP contribution in [-0.4, -0.2) is 36.6 Å². The average molecular weight is 286 g/mol. The summed E-state index contributed by atoms with van der Waals surface area (Å²) in [5.74, 6) is 1.49. The van der Waals surface area contributed by atoms with Crippen LogP contribution in [0.25, 0.3) is 0 Å². The Balaban J connectivity index is 2.72. The number of nitrogens with zero attached hydrogens (tertiary/aromatic N) is 2. The zero-order valence-corrected chi connectivity index (χ0v) is 12.0. The highest BCUT2D eigenvalue weighted by atomic mass is 79.9. The molecule has 0 fully saturated rings. The summed E-state index contributed by atoms with van der Waals surface area (Å²) in [5.41, 5.74) is 0. The third-order valence-electron chi connectivity index (χ3n) is 2.45. The van der Waals surface area contributed by atoms with Crippen LogP contribution in [0.15, 0.2) is 22.8 Å². The highest BCUT2D eigenvalue weighted by Gasteiger charge is 2.15. The van der Waals surface area contributed by atoms with Gasteiger partial charge in [-0.25, -0.2) is 4.98 Å². The molecular formula is C12H20BrN3. The van der Waals surface area contributed by atoms with Crippen molar-refractivity contribution in [3.05, 3.63) is 22.8 Å². The van der Waals surface area contributed by atoms with Crippen molar-refractivity contribution in [2.24, 2.45) is 5.92 Å². The van der Waals surface area contributed by atoms with Gasteiger partial charge in [0, 0.05) is 18.8 Å². The molecule has 1 unspecified atom stereocenters. The van der Waals surface area contributed by atoms with Crippen LogP contribution in [0.2, 0.25) is 0 Å². The Morgan fingerprint density at radius 2 is 2.12 bits per heavy atom. The maximum atomic E-state index is 4.33. The molecule has 0 aliphatic heterocycles. The van der Waals surface area contributed by atoms with Crippen LogP contribution in [0.3, 0.4) is 0 Å². The third-order valence-corrected chi connectivity index (χ3v) is 3.09. The quantitative estimate of drug-likeness (QED) is 0.902. The summed E-state index contributed by atoms with van der Waals surface area (Å²) in [6, 6.07) is 4.33. The second kappa shape index (κ2) is 6.21. The molecule has 0 bridgehead atoms. The summed E-state index contributed by atoms with van der Waals surface area (Å²) < 4.78 is 1.01. The van der Waals surface area contributed by atoms with E-state index >= 15 is 0 Å². The topological polar surface area (TPSA) is 28.2 Å². The molecule has 3 nitrogen and oxygen atoms in total. The van der Waals surface area contributed by atoms with Gasteiger partial charge >= 0.3 is 0 Å². The molecule has 90 valence electrons. The predicted molar refractivity (Wildman–Crippen MR) is 72.7 cm³/mol. The number of hydrogen-bond donors (Lipinski definition) is 1. The number of nitrogens with one attached hydrogen (secondary N) is 1. The maximum Gasteiger partial charge on any atom is 0.140 e. The number of anilines is 1. The molecule has 1 aromatic heterocycles. The average Bonchev–Trinajstić information content (AvgIpc) is 2.19. The largest absolute Gasteiger partial charge is 0.365 e. The summed E-state index contributed by atoms with van der Waals surface area (Å²) in [6.45, 7) is 5.44. The summed E-state index contributed by atoms with van der Waals surface area (Å²) in [7, 11) is 4.18. The molecule has 0 aromatic carbocycles. The van der Waals surface area contributed by atoms with E-state index in [2.05, 4.69) is 59.1 Å². The van der Waals surface area contributed by atoms with Crippen molar-refractivity contribution < 1.29 is 0 Å². The van der Waals surface area contributed by atoms with Crippen molar-refractivity contribution in [2.45, 2.75) is 19.9 Å². The van der Waals surface area contributed by atoms with E-state index in [-0.39, 0.29) is 0 Å². The standard InChI is InChI=1S/C12H20BrN3/c1-9(2)11(8-16(3)4)15-12-10(13)6-5-7-14-12/h5-7,9,11H,8H2,1-4H3,(H,14,15). The summed E-state index contributed by atoms with van der Waals surface area (Å²) in [4.78, 5) is 6.52. The van der Waals surface area contributed by atoms with E-state index in [4.69, 9.17) is 0 Å². The lowest BCUT2D eigenvalue weighted by Crippen LogP contribution is -2.36. The number of aromatic nitrogens is 1. The van der Waals surface area contributed by atoms with Crippen LogP contribution in [-0.2, 0) is 0 Å². The molecule has 0 saturated carbocycles. The molecule has 0 radical (unpaired) electrons. The lowest BCUT2D eigenvalue weighted by Gasteiger charge is -2.26. The zero-order chi connectivity index (χ0) is 12.1. The lowest BCUT2D eigenvalue weighted by atomic mass is 10.0. The molecule has 1 heterocycles. The predicted octanol–water partition coefficient (Wildman–Crippen LogP) is 2.84. The fourth-order valence-electron chi connectivity index (χ4n) is 1.48. The summed E-state index contributed by atoms with van der Waals surface area (Å²) in [5, 5.41) is 3.48. The monoisotopic (exact) mass is 285 g/mol. The van der Waals surface area contributed by atoms with Gasteiger partial charge in [-0.05, 0) is 48.1 Å². The molecule has 0 saturated heterocycles. The van der Waals surface area contributed by atoms with Gasteiger partial charge in [-0.15, -0.1) is 0 Å². The second-order valence-electron chi connectivity index (χ2n) is 4.59. The van der Waals surface area contributed by atoms with E-state index < -0.39 is 0 Å². The molecule has 1 aromatic rings. The van der Waals surface area contributed by atoms with Crippen molar-refractivity contribution >= 4 is 21.7 Å². The Morgan fingerprint density at radius 3 is 2.62 bits per heavy atom. The van der Waals surface area contributed by atoms with E-state index in [1.54, 1.807) is 6.20 Å². The van der Waals surface area contributed by atoms with E-state index in [0.717, 1.165) is 16.8 Å². The van der Waals surface area contributed by atoms with Crippen molar-refractivity contribution in [2.75, 3.05) is 26.0 Å². The molecule has 1 atom stereocenters. The van der Waals surface area contributed by atoms with Crippen LogP contribution in [0.1, 0.15) is 13.8 Å². The molecule has 1 N–H and O–H groups in total. The molecule has 0 aliphatic rings. The van der Waals surface area contributed by atoms with Crippen molar-refractivity contribution in [3.8, 4) is 0 Å². The van der Waals surface area contributed by atoms with Gasteiger partial charge in [-0.1, -0.05) is 13.8 Å². The van der Waals surface area contributed by atoms with Crippen LogP contribution in [0, 0.1) is 5.92 Å². The van der Waals surface area contributed by atoms with Gasteiger partial charge in [-0.2, -0.15) is 0 Å². The minimum absolute atomic E-state index is 0.404. The van der Waals surface area contributed by atoms with Crippen LogP contribution in [0.5, 0.6) is 0 Å². The first-order valence-corrected chi connectivity index (χ1v) is 6.31. The molecule has 1 rings (SSSR count). The van der Waals surface area contributed by atoms with Crippen molar-refractivity contribution in [1.29, 1.82) is 0 Å². The number of hydrogen-bond acceptors (Lipinski definition) is 3. The molecule has 4 heteroatoms. The molecule has 0 amide bonds. The Morgan fingerprint density at radius 1 is 1.44 bits per heavy atom. The third kappa shape index (κ3) is 4.10. The number of halogens is 1. The SMILES string of the molecule is CC(C)C(CN(C)C)Nc1ncccc1Br. The van der Waals surface area contributed by atoms with E-state index in [9.17, 15) is 0 Å². The van der Waals surface area contributed by atoms with Crippen molar-refractivity contribution in [3.63, 3.8) is 0 Å². The minimum atomic E-state index is 0.404. The first-order chi connectivity index (χ1) is 7.50. The maximum absolute atomic E-state index is 4.33. The molecule has 0 spiro atoms. The minimum Gasteiger partial charge on any atom is -0.365 e.